The molecular weight excluding hydrogens is 316 g/mol. The SMILES string of the molecule is CN(Cc1cnc2n1CCOC2)C1CN(c2ccc(C3CC3)nn2)C1. The Morgan fingerprint density at radius 3 is 2.88 bits per heavy atom. The molecule has 0 atom stereocenters. The normalized spacial score (nSPS) is 20.6. The zero-order chi connectivity index (χ0) is 16.8. The Morgan fingerprint density at radius 1 is 1.24 bits per heavy atom. The monoisotopic (exact) mass is 340 g/mol. The van der Waals surface area contributed by atoms with E-state index in [9.17, 15) is 0 Å². The number of hydrogen-bond acceptors (Lipinski definition) is 6. The van der Waals surface area contributed by atoms with Gasteiger partial charge in [0.1, 0.15) is 12.4 Å². The predicted octanol–water partition coefficient (Wildman–Crippen LogP) is 1.40. The number of likely N-dealkylation sites (N-methyl/N-ethyl adjacent to an activating group) is 1. The highest BCUT2D eigenvalue weighted by atomic mass is 16.5. The summed E-state index contributed by atoms with van der Waals surface area (Å²) in [5, 5.41) is 8.81. The number of anilines is 1. The van der Waals surface area contributed by atoms with Crippen molar-refractivity contribution in [1.29, 1.82) is 0 Å². The van der Waals surface area contributed by atoms with Crippen LogP contribution in [-0.2, 0) is 24.4 Å². The van der Waals surface area contributed by atoms with E-state index in [-0.39, 0.29) is 0 Å². The van der Waals surface area contributed by atoms with E-state index in [1.165, 1.54) is 18.5 Å². The molecule has 2 aromatic heterocycles. The topological polar surface area (TPSA) is 59.3 Å². The second-order valence-electron chi connectivity index (χ2n) is 7.43. The largest absolute Gasteiger partial charge is 0.372 e. The van der Waals surface area contributed by atoms with Gasteiger partial charge in [-0.2, -0.15) is 5.10 Å². The number of hydrogen-bond donors (Lipinski definition) is 0. The molecule has 0 radical (unpaired) electrons. The molecule has 7 heteroatoms. The Bertz CT molecular complexity index is 747. The van der Waals surface area contributed by atoms with E-state index in [4.69, 9.17) is 4.74 Å². The summed E-state index contributed by atoms with van der Waals surface area (Å²) in [6.07, 6.45) is 4.54. The molecule has 2 aromatic rings. The molecule has 2 fully saturated rings. The number of rotatable bonds is 5. The van der Waals surface area contributed by atoms with Crippen molar-refractivity contribution in [2.75, 3.05) is 31.6 Å². The molecule has 0 amide bonds. The van der Waals surface area contributed by atoms with Crippen LogP contribution in [0.2, 0.25) is 0 Å². The zero-order valence-electron chi connectivity index (χ0n) is 14.6. The van der Waals surface area contributed by atoms with E-state index < -0.39 is 0 Å². The van der Waals surface area contributed by atoms with Crippen molar-refractivity contribution in [1.82, 2.24) is 24.6 Å². The molecule has 5 rings (SSSR count). The Balaban J connectivity index is 1.18. The third kappa shape index (κ3) is 2.91. The second kappa shape index (κ2) is 6.07. The van der Waals surface area contributed by atoms with Crippen molar-refractivity contribution >= 4 is 5.82 Å². The second-order valence-corrected chi connectivity index (χ2v) is 7.43. The van der Waals surface area contributed by atoms with Crippen LogP contribution >= 0.6 is 0 Å². The van der Waals surface area contributed by atoms with Gasteiger partial charge in [0.05, 0.1) is 18.0 Å². The molecule has 1 saturated heterocycles. The van der Waals surface area contributed by atoms with E-state index in [1.807, 2.05) is 6.20 Å². The third-order valence-corrected chi connectivity index (χ3v) is 5.60. The summed E-state index contributed by atoms with van der Waals surface area (Å²) in [6.45, 7) is 5.29. The van der Waals surface area contributed by atoms with Crippen LogP contribution in [0.15, 0.2) is 18.3 Å². The molecule has 2 aliphatic heterocycles. The lowest BCUT2D eigenvalue weighted by atomic mass is 10.1. The Kier molecular flexibility index (Phi) is 3.71. The standard InChI is InChI=1S/C18H24N6O/c1-22(9-14-8-19-18-12-25-7-6-24(14)18)15-10-23(11-15)17-5-4-16(20-21-17)13-2-3-13/h4-5,8,13,15H,2-3,6-7,9-12H2,1H3. The average Bonchev–Trinajstić information content (AvgIpc) is 3.37. The first-order valence-electron chi connectivity index (χ1n) is 9.18. The molecule has 1 aliphatic carbocycles. The molecule has 1 saturated carbocycles. The van der Waals surface area contributed by atoms with Gasteiger partial charge >= 0.3 is 0 Å². The Labute approximate surface area is 147 Å². The highest BCUT2D eigenvalue weighted by Crippen LogP contribution is 2.38. The van der Waals surface area contributed by atoms with E-state index >= 15 is 0 Å². The quantitative estimate of drug-likeness (QED) is 0.820. The van der Waals surface area contributed by atoms with E-state index in [0.29, 0.717) is 18.6 Å². The molecule has 0 bridgehead atoms. The van der Waals surface area contributed by atoms with Gasteiger partial charge in [-0.1, -0.05) is 0 Å². The highest BCUT2D eigenvalue weighted by molar-refractivity contribution is 5.42. The Morgan fingerprint density at radius 2 is 2.12 bits per heavy atom. The molecule has 0 aromatic carbocycles. The van der Waals surface area contributed by atoms with Gasteiger partial charge in [-0.3, -0.25) is 4.90 Å². The molecule has 7 nitrogen and oxygen atoms in total. The van der Waals surface area contributed by atoms with Gasteiger partial charge in [0.15, 0.2) is 5.82 Å². The fraction of sp³-hybridized carbons (Fsp3) is 0.611. The lowest BCUT2D eigenvalue weighted by Crippen LogP contribution is -2.58. The zero-order valence-corrected chi connectivity index (χ0v) is 14.6. The van der Waals surface area contributed by atoms with Crippen LogP contribution in [0.3, 0.4) is 0 Å². The van der Waals surface area contributed by atoms with Crippen LogP contribution < -0.4 is 4.90 Å². The third-order valence-electron chi connectivity index (χ3n) is 5.60. The summed E-state index contributed by atoms with van der Waals surface area (Å²) < 4.78 is 7.77. The maximum absolute atomic E-state index is 5.47. The number of ether oxygens (including phenoxy) is 1. The van der Waals surface area contributed by atoms with Crippen LogP contribution in [-0.4, -0.2) is 57.4 Å². The minimum Gasteiger partial charge on any atom is -0.372 e. The summed E-state index contributed by atoms with van der Waals surface area (Å²) >= 11 is 0. The van der Waals surface area contributed by atoms with Crippen molar-refractivity contribution < 1.29 is 4.74 Å². The van der Waals surface area contributed by atoms with Crippen LogP contribution in [0.1, 0.15) is 36.0 Å². The van der Waals surface area contributed by atoms with Crippen molar-refractivity contribution in [3.63, 3.8) is 0 Å². The van der Waals surface area contributed by atoms with Crippen LogP contribution in [0.5, 0.6) is 0 Å². The fourth-order valence-electron chi connectivity index (χ4n) is 3.69. The molecule has 0 N–H and O–H groups in total. The summed E-state index contributed by atoms with van der Waals surface area (Å²) in [5.74, 6) is 2.73. The lowest BCUT2D eigenvalue weighted by molar-refractivity contribution is 0.0791. The van der Waals surface area contributed by atoms with Gasteiger partial charge in [0.2, 0.25) is 0 Å². The molecule has 25 heavy (non-hydrogen) atoms. The van der Waals surface area contributed by atoms with E-state index in [0.717, 1.165) is 50.1 Å². The molecule has 132 valence electrons. The number of fused-ring (bicyclic) bond motifs is 1. The van der Waals surface area contributed by atoms with Gasteiger partial charge in [-0.05, 0) is 32.0 Å². The lowest BCUT2D eigenvalue weighted by Gasteiger charge is -2.44. The fourth-order valence-corrected chi connectivity index (χ4v) is 3.69. The Hall–Kier alpha value is -1.99. The molecular formula is C18H24N6O. The predicted molar refractivity (Wildman–Crippen MR) is 93.4 cm³/mol. The minimum atomic E-state index is 0.552. The van der Waals surface area contributed by atoms with Gasteiger partial charge in [-0.25, -0.2) is 4.98 Å². The van der Waals surface area contributed by atoms with Gasteiger partial charge in [-0.15, -0.1) is 5.10 Å². The number of aromatic nitrogens is 4. The summed E-state index contributed by atoms with van der Waals surface area (Å²) in [7, 11) is 2.20. The van der Waals surface area contributed by atoms with Crippen LogP contribution in [0, 0.1) is 0 Å². The van der Waals surface area contributed by atoms with Gasteiger partial charge in [0.25, 0.3) is 0 Å². The maximum atomic E-state index is 5.47. The number of imidazole rings is 1. The molecule has 3 aliphatic rings. The van der Waals surface area contributed by atoms with E-state index in [1.54, 1.807) is 0 Å². The first-order valence-corrected chi connectivity index (χ1v) is 9.18. The first kappa shape index (κ1) is 15.3. The average molecular weight is 340 g/mol. The smallest absolute Gasteiger partial charge is 0.151 e. The minimum absolute atomic E-state index is 0.552. The maximum Gasteiger partial charge on any atom is 0.151 e. The van der Waals surface area contributed by atoms with Crippen molar-refractivity contribution in [2.45, 2.75) is 44.5 Å². The van der Waals surface area contributed by atoms with Crippen LogP contribution in [0.4, 0.5) is 5.82 Å². The van der Waals surface area contributed by atoms with E-state index in [2.05, 4.69) is 48.7 Å². The summed E-state index contributed by atoms with van der Waals surface area (Å²) in [4.78, 5) is 9.21. The van der Waals surface area contributed by atoms with Crippen molar-refractivity contribution in [2.24, 2.45) is 0 Å². The van der Waals surface area contributed by atoms with Gasteiger partial charge < -0.3 is 14.2 Å². The van der Waals surface area contributed by atoms with Gasteiger partial charge in [0, 0.05) is 44.3 Å². The molecule has 0 spiro atoms. The summed E-state index contributed by atoms with van der Waals surface area (Å²) in [5.41, 5.74) is 2.44. The molecule has 0 unspecified atom stereocenters. The molecule has 4 heterocycles. The summed E-state index contributed by atoms with van der Waals surface area (Å²) in [6, 6.07) is 4.83. The first-order chi connectivity index (χ1) is 12.3. The highest BCUT2D eigenvalue weighted by Gasteiger charge is 2.32. The number of nitrogens with zero attached hydrogens (tertiary/aromatic N) is 6. The van der Waals surface area contributed by atoms with Crippen LogP contribution in [0.25, 0.3) is 0 Å². The van der Waals surface area contributed by atoms with Crippen molar-refractivity contribution in [3.05, 3.63) is 35.5 Å². The van der Waals surface area contributed by atoms with Crippen molar-refractivity contribution in [3.8, 4) is 0 Å².